The lowest BCUT2D eigenvalue weighted by Gasteiger charge is -2.00. The molecule has 1 saturated carbocycles. The smallest absolute Gasteiger partial charge is 0.307 e. The van der Waals surface area contributed by atoms with Gasteiger partial charge in [-0.2, -0.15) is 0 Å². The Morgan fingerprint density at radius 1 is 1.80 bits per heavy atom. The van der Waals surface area contributed by atoms with E-state index in [1.54, 1.807) is 0 Å². The Labute approximate surface area is 59.5 Å². The van der Waals surface area contributed by atoms with Crippen LogP contribution in [-0.2, 0) is 4.79 Å². The predicted molar refractivity (Wildman–Crippen MR) is 36.5 cm³/mol. The average Bonchev–Trinajstić information content (AvgIpc) is 2.22. The lowest BCUT2D eigenvalue weighted by atomic mass is 10.0. The molecule has 1 fully saturated rings. The monoisotopic (exact) mass is 138 g/mol. The van der Waals surface area contributed by atoms with Crippen molar-refractivity contribution in [1.82, 2.24) is 0 Å². The van der Waals surface area contributed by atoms with E-state index in [-0.39, 0.29) is 11.3 Å². The molecule has 0 spiro atoms. The van der Waals surface area contributed by atoms with Gasteiger partial charge in [0.25, 0.3) is 0 Å². The predicted octanol–water partition coefficient (Wildman–Crippen LogP) is 1.28. The summed E-state index contributed by atoms with van der Waals surface area (Å²) in [7, 11) is 0. The van der Waals surface area contributed by atoms with Crippen LogP contribution in [0.2, 0.25) is 0 Å². The highest BCUT2D eigenvalue weighted by atomic mass is 16.4. The molecule has 0 aromatic rings. The lowest BCUT2D eigenvalue weighted by molar-refractivity contribution is -0.139. The van der Waals surface area contributed by atoms with E-state index in [0.29, 0.717) is 5.92 Å². The van der Waals surface area contributed by atoms with Gasteiger partial charge in [0.2, 0.25) is 0 Å². The Morgan fingerprint density at radius 2 is 2.50 bits per heavy atom. The van der Waals surface area contributed by atoms with E-state index in [9.17, 15) is 4.79 Å². The molecule has 0 heterocycles. The summed E-state index contributed by atoms with van der Waals surface area (Å²) in [5.74, 6) is -0.376. The number of carboxylic acids is 1. The summed E-state index contributed by atoms with van der Waals surface area (Å²) in [6.45, 7) is 2.05. The zero-order valence-corrected chi connectivity index (χ0v) is 5.87. The van der Waals surface area contributed by atoms with Gasteiger partial charge < -0.3 is 5.11 Å². The van der Waals surface area contributed by atoms with E-state index in [1.807, 2.05) is 6.08 Å². The highest BCUT2D eigenvalue weighted by Crippen LogP contribution is 2.64. The molecule has 54 valence electrons. The molecule has 2 nitrogen and oxygen atoms in total. The molecule has 1 unspecified atom stereocenters. The van der Waals surface area contributed by atoms with Crippen LogP contribution >= 0.6 is 0 Å². The Bertz CT molecular complexity index is 219. The van der Waals surface area contributed by atoms with Crippen molar-refractivity contribution in [3.63, 3.8) is 0 Å². The molecule has 2 heteroatoms. The van der Waals surface area contributed by atoms with E-state index in [2.05, 4.69) is 13.0 Å². The van der Waals surface area contributed by atoms with Gasteiger partial charge in [0, 0.05) is 0 Å². The van der Waals surface area contributed by atoms with Crippen LogP contribution < -0.4 is 0 Å². The molecule has 0 radical (unpaired) electrons. The summed E-state index contributed by atoms with van der Waals surface area (Å²) in [4.78, 5) is 10.5. The fourth-order valence-corrected chi connectivity index (χ4v) is 2.10. The number of rotatable bonds is 1. The maximum absolute atomic E-state index is 10.5. The van der Waals surface area contributed by atoms with Crippen molar-refractivity contribution in [3.05, 3.63) is 12.2 Å². The van der Waals surface area contributed by atoms with Crippen LogP contribution in [0.25, 0.3) is 0 Å². The van der Waals surface area contributed by atoms with Gasteiger partial charge in [-0.25, -0.2) is 0 Å². The summed E-state index contributed by atoms with van der Waals surface area (Å²) in [6.07, 6.45) is 5.08. The van der Waals surface area contributed by atoms with E-state index in [1.165, 1.54) is 0 Å². The van der Waals surface area contributed by atoms with Crippen molar-refractivity contribution in [2.75, 3.05) is 0 Å². The standard InChI is InChI=1S/C8H10O2/c1-8-4-2-3-5(8)6(8)7(9)10/h2-3,5-6H,4H2,1H3,(H,9,10)/t5?,6-,8-/m0/s1. The van der Waals surface area contributed by atoms with Gasteiger partial charge in [0.05, 0.1) is 5.92 Å². The van der Waals surface area contributed by atoms with Crippen molar-refractivity contribution in [2.24, 2.45) is 17.3 Å². The quantitative estimate of drug-likeness (QED) is 0.554. The molecular formula is C8H10O2. The fraction of sp³-hybridized carbons (Fsp3) is 0.625. The highest BCUT2D eigenvalue weighted by Gasteiger charge is 2.65. The molecular weight excluding hydrogens is 128 g/mol. The van der Waals surface area contributed by atoms with Crippen LogP contribution in [0.3, 0.4) is 0 Å². The molecule has 1 N–H and O–H groups in total. The Morgan fingerprint density at radius 3 is 2.80 bits per heavy atom. The molecule has 0 amide bonds. The van der Waals surface area contributed by atoms with Gasteiger partial charge in [-0.3, -0.25) is 4.79 Å². The first-order chi connectivity index (χ1) is 4.66. The number of carboxylic acid groups (broad SMARTS) is 1. The molecule has 0 aliphatic heterocycles. The average molecular weight is 138 g/mol. The number of aliphatic carboxylic acids is 1. The van der Waals surface area contributed by atoms with Crippen LogP contribution in [-0.4, -0.2) is 11.1 Å². The van der Waals surface area contributed by atoms with Crippen molar-refractivity contribution in [3.8, 4) is 0 Å². The zero-order chi connectivity index (χ0) is 7.35. The summed E-state index contributed by atoms with van der Waals surface area (Å²) in [5, 5.41) is 8.69. The van der Waals surface area contributed by atoms with Gasteiger partial charge in [-0.15, -0.1) is 0 Å². The van der Waals surface area contributed by atoms with Crippen LogP contribution in [0.1, 0.15) is 13.3 Å². The third-order valence-electron chi connectivity index (χ3n) is 2.89. The Balaban J connectivity index is 2.21. The number of fused-ring (bicyclic) bond motifs is 1. The van der Waals surface area contributed by atoms with Crippen LogP contribution in [0, 0.1) is 17.3 Å². The molecule has 0 bridgehead atoms. The van der Waals surface area contributed by atoms with E-state index >= 15 is 0 Å². The fourth-order valence-electron chi connectivity index (χ4n) is 2.10. The highest BCUT2D eigenvalue weighted by molar-refractivity contribution is 5.77. The second-order valence-electron chi connectivity index (χ2n) is 3.48. The number of allylic oxidation sites excluding steroid dienone is 2. The maximum Gasteiger partial charge on any atom is 0.307 e. The molecule has 0 saturated heterocycles. The summed E-state index contributed by atoms with van der Waals surface area (Å²) < 4.78 is 0. The molecule has 2 aliphatic rings. The van der Waals surface area contributed by atoms with Gasteiger partial charge >= 0.3 is 5.97 Å². The van der Waals surface area contributed by atoms with Crippen molar-refractivity contribution in [1.29, 1.82) is 0 Å². The first-order valence-corrected chi connectivity index (χ1v) is 3.56. The molecule has 2 rings (SSSR count). The Hall–Kier alpha value is -0.790. The number of hydrogen-bond donors (Lipinski definition) is 1. The van der Waals surface area contributed by atoms with Crippen molar-refractivity contribution < 1.29 is 9.90 Å². The molecule has 10 heavy (non-hydrogen) atoms. The largest absolute Gasteiger partial charge is 0.481 e. The lowest BCUT2D eigenvalue weighted by Crippen LogP contribution is -2.06. The summed E-state index contributed by atoms with van der Waals surface area (Å²) >= 11 is 0. The minimum atomic E-state index is -0.628. The Kier molecular flexibility index (Phi) is 0.858. The van der Waals surface area contributed by atoms with Gasteiger partial charge in [-0.05, 0) is 17.8 Å². The van der Waals surface area contributed by atoms with E-state index in [4.69, 9.17) is 5.11 Å². The number of hydrogen-bond acceptors (Lipinski definition) is 1. The third kappa shape index (κ3) is 0.474. The van der Waals surface area contributed by atoms with Crippen molar-refractivity contribution >= 4 is 5.97 Å². The van der Waals surface area contributed by atoms with Crippen molar-refractivity contribution in [2.45, 2.75) is 13.3 Å². The topological polar surface area (TPSA) is 37.3 Å². The van der Waals surface area contributed by atoms with Gasteiger partial charge in [0.15, 0.2) is 0 Å². The number of carbonyl (C=O) groups is 1. The third-order valence-corrected chi connectivity index (χ3v) is 2.89. The minimum Gasteiger partial charge on any atom is -0.481 e. The molecule has 3 atom stereocenters. The first-order valence-electron chi connectivity index (χ1n) is 3.56. The van der Waals surface area contributed by atoms with Crippen LogP contribution in [0.5, 0.6) is 0 Å². The van der Waals surface area contributed by atoms with Crippen LogP contribution in [0.4, 0.5) is 0 Å². The van der Waals surface area contributed by atoms with Crippen LogP contribution in [0.15, 0.2) is 12.2 Å². The SMILES string of the molecule is C[C@]12CC=CC1[C@H]2C(=O)O. The summed E-state index contributed by atoms with van der Waals surface area (Å²) in [5.41, 5.74) is 0.0891. The molecule has 2 aliphatic carbocycles. The first kappa shape index (κ1) is 5.96. The van der Waals surface area contributed by atoms with E-state index in [0.717, 1.165) is 6.42 Å². The van der Waals surface area contributed by atoms with Gasteiger partial charge in [-0.1, -0.05) is 19.1 Å². The molecule has 0 aromatic heterocycles. The van der Waals surface area contributed by atoms with Gasteiger partial charge in [0.1, 0.15) is 0 Å². The van der Waals surface area contributed by atoms with E-state index < -0.39 is 5.97 Å². The second kappa shape index (κ2) is 1.44. The zero-order valence-electron chi connectivity index (χ0n) is 5.87. The normalized spacial score (nSPS) is 48.9. The maximum atomic E-state index is 10.5. The summed E-state index contributed by atoms with van der Waals surface area (Å²) in [6, 6.07) is 0. The molecule has 0 aromatic carbocycles. The minimum absolute atomic E-state index is 0.0856. The second-order valence-corrected chi connectivity index (χ2v) is 3.48.